The molecule has 27 heavy (non-hydrogen) atoms. The van der Waals surface area contributed by atoms with Crippen molar-refractivity contribution in [2.45, 2.75) is 13.8 Å². The number of carbonyl (C=O) groups is 2. The van der Waals surface area contributed by atoms with Crippen molar-refractivity contribution in [3.05, 3.63) is 60.2 Å². The number of hydrogen-bond acceptors (Lipinski definition) is 4. The zero-order valence-corrected chi connectivity index (χ0v) is 16.6. The maximum atomic E-state index is 12.3. The number of carbonyl (C=O) groups excluding carboxylic acids is 2. The van der Waals surface area contributed by atoms with Crippen LogP contribution in [-0.4, -0.2) is 47.9 Å². The normalized spacial score (nSPS) is 10.3. The lowest BCUT2D eigenvalue weighted by molar-refractivity contribution is -0.113. The second-order valence-corrected chi connectivity index (χ2v) is 6.92. The van der Waals surface area contributed by atoms with E-state index >= 15 is 0 Å². The summed E-state index contributed by atoms with van der Waals surface area (Å²) in [6.07, 6.45) is 0. The largest absolute Gasteiger partial charge is 0.493 e. The summed E-state index contributed by atoms with van der Waals surface area (Å²) in [7, 11) is 0. The van der Waals surface area contributed by atoms with Gasteiger partial charge in [-0.3, -0.25) is 9.59 Å². The molecule has 0 fully saturated rings. The molecule has 0 saturated carbocycles. The van der Waals surface area contributed by atoms with Crippen LogP contribution in [0.4, 0.5) is 5.69 Å². The molecule has 0 bridgehead atoms. The average Bonchev–Trinajstić information content (AvgIpc) is 2.70. The molecule has 0 spiro atoms. The van der Waals surface area contributed by atoms with Crippen molar-refractivity contribution in [1.29, 1.82) is 0 Å². The number of ether oxygens (including phenoxy) is 1. The summed E-state index contributed by atoms with van der Waals surface area (Å²) in [6, 6.07) is 16.6. The Bertz CT molecular complexity index is 716. The van der Waals surface area contributed by atoms with Gasteiger partial charge < -0.3 is 15.0 Å². The van der Waals surface area contributed by atoms with E-state index in [0.717, 1.165) is 11.5 Å². The Hall–Kier alpha value is -2.47. The lowest BCUT2D eigenvalue weighted by Gasteiger charge is -2.18. The third kappa shape index (κ3) is 6.98. The Labute approximate surface area is 165 Å². The van der Waals surface area contributed by atoms with Gasteiger partial charge in [-0.15, -0.1) is 11.8 Å². The topological polar surface area (TPSA) is 58.6 Å². The van der Waals surface area contributed by atoms with Crippen LogP contribution in [-0.2, 0) is 4.79 Å². The molecule has 144 valence electrons. The Kier molecular flexibility index (Phi) is 8.71. The fourth-order valence-electron chi connectivity index (χ4n) is 2.49. The molecule has 2 amide bonds. The summed E-state index contributed by atoms with van der Waals surface area (Å²) in [4.78, 5) is 26.1. The predicted octanol–water partition coefficient (Wildman–Crippen LogP) is 3.92. The number of para-hydroxylation sites is 1. The van der Waals surface area contributed by atoms with Gasteiger partial charge in [0.15, 0.2) is 0 Å². The first-order valence-corrected chi connectivity index (χ1v) is 10.2. The highest BCUT2D eigenvalue weighted by molar-refractivity contribution is 7.99. The fraction of sp³-hybridized carbons (Fsp3) is 0.333. The molecule has 2 aromatic carbocycles. The number of nitrogens with one attached hydrogen (secondary N) is 1. The van der Waals surface area contributed by atoms with Crippen molar-refractivity contribution in [3.63, 3.8) is 0 Å². The summed E-state index contributed by atoms with van der Waals surface area (Å²) in [5, 5.41) is 2.85. The van der Waals surface area contributed by atoms with E-state index in [1.807, 2.05) is 44.2 Å². The van der Waals surface area contributed by atoms with Gasteiger partial charge >= 0.3 is 0 Å². The molecule has 0 aliphatic rings. The van der Waals surface area contributed by atoms with Gasteiger partial charge in [0.1, 0.15) is 5.75 Å². The van der Waals surface area contributed by atoms with E-state index in [4.69, 9.17) is 4.74 Å². The van der Waals surface area contributed by atoms with Crippen LogP contribution in [0, 0.1) is 0 Å². The van der Waals surface area contributed by atoms with Gasteiger partial charge in [0.2, 0.25) is 5.91 Å². The van der Waals surface area contributed by atoms with Gasteiger partial charge in [-0.2, -0.15) is 0 Å². The molecule has 2 aromatic rings. The number of hydrogen-bond donors (Lipinski definition) is 1. The molecule has 0 aromatic heterocycles. The maximum absolute atomic E-state index is 12.3. The number of thioether (sulfide) groups is 1. The van der Waals surface area contributed by atoms with Crippen LogP contribution in [0.3, 0.4) is 0 Å². The average molecular weight is 387 g/mol. The fourth-order valence-corrected chi connectivity index (χ4v) is 3.09. The van der Waals surface area contributed by atoms with Gasteiger partial charge in [0.05, 0.1) is 12.4 Å². The number of rotatable bonds is 10. The van der Waals surface area contributed by atoms with E-state index in [0.29, 0.717) is 36.7 Å². The Morgan fingerprint density at radius 3 is 2.30 bits per heavy atom. The summed E-state index contributed by atoms with van der Waals surface area (Å²) < 4.78 is 5.59. The summed E-state index contributed by atoms with van der Waals surface area (Å²) in [5.41, 5.74) is 1.32. The van der Waals surface area contributed by atoms with Gasteiger partial charge in [-0.25, -0.2) is 0 Å². The second-order valence-electron chi connectivity index (χ2n) is 5.82. The molecule has 1 N–H and O–H groups in total. The van der Waals surface area contributed by atoms with Gasteiger partial charge in [-0.1, -0.05) is 18.2 Å². The molecule has 0 radical (unpaired) electrons. The number of amides is 2. The maximum Gasteiger partial charge on any atom is 0.253 e. The van der Waals surface area contributed by atoms with Crippen LogP contribution < -0.4 is 10.1 Å². The molecule has 0 heterocycles. The Balaban J connectivity index is 1.70. The first-order valence-electron chi connectivity index (χ1n) is 9.08. The van der Waals surface area contributed by atoms with Crippen molar-refractivity contribution in [1.82, 2.24) is 4.90 Å². The molecule has 0 saturated heterocycles. The van der Waals surface area contributed by atoms with Crippen LogP contribution >= 0.6 is 11.8 Å². The molecule has 6 heteroatoms. The molecular formula is C21H26N2O3S. The minimum absolute atomic E-state index is 0.00634. The first-order chi connectivity index (χ1) is 13.1. The highest BCUT2D eigenvalue weighted by Crippen LogP contribution is 2.13. The molecule has 0 aliphatic heterocycles. The van der Waals surface area contributed by atoms with Crippen LogP contribution in [0.2, 0.25) is 0 Å². The van der Waals surface area contributed by atoms with Crippen LogP contribution in [0.25, 0.3) is 0 Å². The Morgan fingerprint density at radius 1 is 1.00 bits per heavy atom. The molecule has 2 rings (SSSR count). The molecule has 0 atom stereocenters. The van der Waals surface area contributed by atoms with Crippen molar-refractivity contribution < 1.29 is 14.3 Å². The standard InChI is InChI=1S/C21H26N2O3S/c1-3-23(4-2)21(25)17-10-12-18(13-11-17)22-20(24)16-27-15-14-26-19-8-6-5-7-9-19/h5-13H,3-4,14-16H2,1-2H3,(H,22,24). The minimum atomic E-state index is -0.0671. The first kappa shape index (κ1) is 20.8. The number of nitrogens with zero attached hydrogens (tertiary/aromatic N) is 1. The van der Waals surface area contributed by atoms with E-state index in [1.54, 1.807) is 29.2 Å². The van der Waals surface area contributed by atoms with Crippen molar-refractivity contribution >= 4 is 29.3 Å². The van der Waals surface area contributed by atoms with Crippen molar-refractivity contribution in [2.24, 2.45) is 0 Å². The summed E-state index contributed by atoms with van der Waals surface area (Å²) in [5.74, 6) is 1.87. The zero-order chi connectivity index (χ0) is 19.5. The number of anilines is 1. The molecule has 0 aliphatic carbocycles. The van der Waals surface area contributed by atoms with Crippen LogP contribution in [0.15, 0.2) is 54.6 Å². The monoisotopic (exact) mass is 386 g/mol. The van der Waals surface area contributed by atoms with Gasteiger partial charge in [0, 0.05) is 30.1 Å². The lowest BCUT2D eigenvalue weighted by atomic mass is 10.2. The molecule has 5 nitrogen and oxygen atoms in total. The van der Waals surface area contributed by atoms with Crippen LogP contribution in [0.5, 0.6) is 5.75 Å². The highest BCUT2D eigenvalue weighted by Gasteiger charge is 2.12. The minimum Gasteiger partial charge on any atom is -0.493 e. The smallest absolute Gasteiger partial charge is 0.253 e. The van der Waals surface area contributed by atoms with E-state index in [-0.39, 0.29) is 11.8 Å². The van der Waals surface area contributed by atoms with Crippen LogP contribution in [0.1, 0.15) is 24.2 Å². The van der Waals surface area contributed by atoms with Gasteiger partial charge in [0.25, 0.3) is 5.91 Å². The Morgan fingerprint density at radius 2 is 1.67 bits per heavy atom. The van der Waals surface area contributed by atoms with E-state index in [2.05, 4.69) is 5.32 Å². The van der Waals surface area contributed by atoms with E-state index in [1.165, 1.54) is 11.8 Å². The third-order valence-corrected chi connectivity index (χ3v) is 4.86. The van der Waals surface area contributed by atoms with E-state index in [9.17, 15) is 9.59 Å². The number of benzene rings is 2. The van der Waals surface area contributed by atoms with Crippen molar-refractivity contribution in [2.75, 3.05) is 36.5 Å². The van der Waals surface area contributed by atoms with E-state index < -0.39 is 0 Å². The lowest BCUT2D eigenvalue weighted by Crippen LogP contribution is -2.30. The summed E-state index contributed by atoms with van der Waals surface area (Å²) in [6.45, 7) is 5.83. The predicted molar refractivity (Wildman–Crippen MR) is 112 cm³/mol. The quantitative estimate of drug-likeness (QED) is 0.629. The van der Waals surface area contributed by atoms with Gasteiger partial charge in [-0.05, 0) is 50.2 Å². The molecular weight excluding hydrogens is 360 g/mol. The highest BCUT2D eigenvalue weighted by atomic mass is 32.2. The second kappa shape index (κ2) is 11.3. The summed E-state index contributed by atoms with van der Waals surface area (Å²) >= 11 is 1.52. The SMILES string of the molecule is CCN(CC)C(=O)c1ccc(NC(=O)CSCCOc2ccccc2)cc1. The van der Waals surface area contributed by atoms with Crippen molar-refractivity contribution in [3.8, 4) is 5.75 Å². The molecule has 0 unspecified atom stereocenters. The third-order valence-electron chi connectivity index (χ3n) is 3.94. The zero-order valence-electron chi connectivity index (χ0n) is 15.8.